The molecule has 3 atom stereocenters. The fraction of sp³-hybridized carbons (Fsp3) is 1.00. The number of nitrogens with one attached hydrogen (secondary N) is 1. The topological polar surface area (TPSA) is 12.0 Å². The van der Waals surface area contributed by atoms with E-state index in [1.165, 1.54) is 19.4 Å². The van der Waals surface area contributed by atoms with Crippen LogP contribution < -0.4 is 5.32 Å². The fourth-order valence-corrected chi connectivity index (χ4v) is 1.90. The predicted molar refractivity (Wildman–Crippen MR) is 33.7 cm³/mol. The molecule has 1 saturated carbocycles. The fourth-order valence-electron chi connectivity index (χ4n) is 1.90. The van der Waals surface area contributed by atoms with E-state index in [2.05, 4.69) is 12.2 Å². The molecule has 0 aromatic carbocycles. The third-order valence-corrected chi connectivity index (χ3v) is 2.58. The van der Waals surface area contributed by atoms with Crippen molar-refractivity contribution in [3.05, 3.63) is 0 Å². The van der Waals surface area contributed by atoms with Crippen LogP contribution in [0.3, 0.4) is 0 Å². The van der Waals surface area contributed by atoms with E-state index in [1.807, 2.05) is 0 Å². The molecule has 2 unspecified atom stereocenters. The molecule has 0 aromatic rings. The van der Waals surface area contributed by atoms with Gasteiger partial charge in [0.1, 0.15) is 0 Å². The first-order valence-electron chi connectivity index (χ1n) is 3.65. The summed E-state index contributed by atoms with van der Waals surface area (Å²) in [5.41, 5.74) is 0. The molecule has 2 aliphatic rings. The Kier molecular flexibility index (Phi) is 0.884. The van der Waals surface area contributed by atoms with E-state index >= 15 is 0 Å². The van der Waals surface area contributed by atoms with E-state index in [4.69, 9.17) is 0 Å². The van der Waals surface area contributed by atoms with E-state index in [-0.39, 0.29) is 0 Å². The summed E-state index contributed by atoms with van der Waals surface area (Å²) in [6, 6.07) is 0.889. The molecular weight excluding hydrogens is 98.1 g/mol. The maximum Gasteiger partial charge on any atom is 0.00960 e. The van der Waals surface area contributed by atoms with E-state index in [0.717, 1.165) is 17.9 Å². The minimum absolute atomic E-state index is 0.889. The van der Waals surface area contributed by atoms with Gasteiger partial charge in [0.25, 0.3) is 0 Å². The second-order valence-electron chi connectivity index (χ2n) is 3.08. The predicted octanol–water partition coefficient (Wildman–Crippen LogP) is 1.00. The first-order chi connectivity index (χ1) is 3.92. The minimum Gasteiger partial charge on any atom is -0.313 e. The van der Waals surface area contributed by atoms with Crippen molar-refractivity contribution in [1.29, 1.82) is 0 Å². The summed E-state index contributed by atoms with van der Waals surface area (Å²) in [6.07, 6.45) is 2.85. The van der Waals surface area contributed by atoms with Gasteiger partial charge in [0.2, 0.25) is 0 Å². The number of rotatable bonds is 1. The molecule has 1 aliphatic heterocycles. The zero-order valence-electron chi connectivity index (χ0n) is 5.35. The van der Waals surface area contributed by atoms with Gasteiger partial charge in [-0.05, 0) is 31.2 Å². The number of piperidine rings is 1. The molecule has 0 bridgehead atoms. The zero-order chi connectivity index (χ0) is 5.56. The normalized spacial score (nSPS) is 51.4. The van der Waals surface area contributed by atoms with E-state index in [9.17, 15) is 0 Å². The Labute approximate surface area is 50.5 Å². The Hall–Kier alpha value is -0.0400. The summed E-state index contributed by atoms with van der Waals surface area (Å²) in [4.78, 5) is 0. The molecule has 2 rings (SSSR count). The van der Waals surface area contributed by atoms with Gasteiger partial charge in [-0.1, -0.05) is 6.92 Å². The Morgan fingerprint density at radius 1 is 1.62 bits per heavy atom. The Balaban J connectivity index is 1.97. The lowest BCUT2D eigenvalue weighted by Gasteiger charge is -2.07. The maximum atomic E-state index is 3.51. The van der Waals surface area contributed by atoms with Crippen molar-refractivity contribution < 1.29 is 0 Å². The highest BCUT2D eigenvalue weighted by molar-refractivity contribution is 5.01. The van der Waals surface area contributed by atoms with Gasteiger partial charge in [0, 0.05) is 6.04 Å². The maximum absolute atomic E-state index is 3.51. The molecule has 1 heteroatoms. The SMILES string of the molecule is CCC1NCC2C[C@H]21. The summed E-state index contributed by atoms with van der Waals surface area (Å²) in [7, 11) is 0. The second kappa shape index (κ2) is 1.47. The van der Waals surface area contributed by atoms with Crippen LogP contribution in [-0.4, -0.2) is 12.6 Å². The van der Waals surface area contributed by atoms with Gasteiger partial charge >= 0.3 is 0 Å². The van der Waals surface area contributed by atoms with Gasteiger partial charge < -0.3 is 5.32 Å². The van der Waals surface area contributed by atoms with Crippen LogP contribution >= 0.6 is 0 Å². The smallest absolute Gasteiger partial charge is 0.00960 e. The third-order valence-electron chi connectivity index (χ3n) is 2.58. The number of hydrogen-bond donors (Lipinski definition) is 1. The average molecular weight is 111 g/mol. The van der Waals surface area contributed by atoms with Gasteiger partial charge in [0.05, 0.1) is 0 Å². The van der Waals surface area contributed by atoms with Gasteiger partial charge in [-0.15, -0.1) is 0 Å². The van der Waals surface area contributed by atoms with Crippen LogP contribution in [0.25, 0.3) is 0 Å². The minimum atomic E-state index is 0.889. The summed E-state index contributed by atoms with van der Waals surface area (Å²) in [5, 5.41) is 3.51. The lowest BCUT2D eigenvalue weighted by Crippen LogP contribution is -2.24. The molecule has 1 N–H and O–H groups in total. The van der Waals surface area contributed by atoms with Crippen molar-refractivity contribution >= 4 is 0 Å². The monoisotopic (exact) mass is 111 g/mol. The summed E-state index contributed by atoms with van der Waals surface area (Å²) >= 11 is 0. The number of fused-ring (bicyclic) bond motifs is 1. The quantitative estimate of drug-likeness (QED) is 0.532. The standard InChI is InChI=1S/C7H13N/c1-2-7-6-3-5(6)4-8-7/h5-8H,2-4H2,1H3/t5?,6-,7?/m1/s1. The average Bonchev–Trinajstić information content (AvgIpc) is 2.46. The Bertz CT molecular complexity index is 101. The van der Waals surface area contributed by atoms with Crippen LogP contribution in [0.2, 0.25) is 0 Å². The lowest BCUT2D eigenvalue weighted by atomic mass is 10.1. The molecule has 1 heterocycles. The molecular formula is C7H13N. The van der Waals surface area contributed by atoms with Gasteiger partial charge in [-0.25, -0.2) is 0 Å². The van der Waals surface area contributed by atoms with Crippen LogP contribution in [-0.2, 0) is 0 Å². The molecule has 1 aliphatic carbocycles. The van der Waals surface area contributed by atoms with Crippen molar-refractivity contribution in [2.45, 2.75) is 25.8 Å². The number of hydrogen-bond acceptors (Lipinski definition) is 1. The Morgan fingerprint density at radius 3 is 2.75 bits per heavy atom. The molecule has 2 fully saturated rings. The van der Waals surface area contributed by atoms with E-state index < -0.39 is 0 Å². The molecule has 1 saturated heterocycles. The summed E-state index contributed by atoms with van der Waals surface area (Å²) < 4.78 is 0. The van der Waals surface area contributed by atoms with Crippen LogP contribution in [0, 0.1) is 11.8 Å². The van der Waals surface area contributed by atoms with Crippen LogP contribution in [0.4, 0.5) is 0 Å². The van der Waals surface area contributed by atoms with Gasteiger partial charge in [-0.3, -0.25) is 0 Å². The van der Waals surface area contributed by atoms with Crippen molar-refractivity contribution in [2.24, 2.45) is 11.8 Å². The highest BCUT2D eigenvalue weighted by atomic mass is 15.0. The largest absolute Gasteiger partial charge is 0.313 e. The molecule has 0 spiro atoms. The highest BCUT2D eigenvalue weighted by Gasteiger charge is 2.46. The summed E-state index contributed by atoms with van der Waals surface area (Å²) in [6.45, 7) is 3.58. The van der Waals surface area contributed by atoms with Crippen molar-refractivity contribution in [3.63, 3.8) is 0 Å². The first kappa shape index (κ1) is 4.80. The lowest BCUT2D eigenvalue weighted by molar-refractivity contribution is 0.519. The van der Waals surface area contributed by atoms with Crippen molar-refractivity contribution in [2.75, 3.05) is 6.54 Å². The van der Waals surface area contributed by atoms with Crippen LogP contribution in [0.5, 0.6) is 0 Å². The molecule has 46 valence electrons. The van der Waals surface area contributed by atoms with Gasteiger partial charge in [0.15, 0.2) is 0 Å². The molecule has 0 aromatic heterocycles. The molecule has 0 radical (unpaired) electrons. The van der Waals surface area contributed by atoms with Crippen LogP contribution in [0.1, 0.15) is 19.8 Å². The Morgan fingerprint density at radius 2 is 2.50 bits per heavy atom. The summed E-state index contributed by atoms with van der Waals surface area (Å²) in [5.74, 6) is 2.17. The van der Waals surface area contributed by atoms with Crippen molar-refractivity contribution in [1.82, 2.24) is 5.32 Å². The van der Waals surface area contributed by atoms with Crippen molar-refractivity contribution in [3.8, 4) is 0 Å². The zero-order valence-corrected chi connectivity index (χ0v) is 5.35. The first-order valence-corrected chi connectivity index (χ1v) is 3.65. The van der Waals surface area contributed by atoms with E-state index in [0.29, 0.717) is 0 Å². The third kappa shape index (κ3) is 0.510. The molecule has 1 nitrogen and oxygen atoms in total. The second-order valence-corrected chi connectivity index (χ2v) is 3.08. The molecule has 0 amide bonds. The van der Waals surface area contributed by atoms with Crippen LogP contribution in [0.15, 0.2) is 0 Å². The van der Waals surface area contributed by atoms with E-state index in [1.54, 1.807) is 0 Å². The highest BCUT2D eigenvalue weighted by Crippen LogP contribution is 2.45. The van der Waals surface area contributed by atoms with Gasteiger partial charge in [-0.2, -0.15) is 0 Å². The molecule has 8 heavy (non-hydrogen) atoms.